The molecule has 1 N–H and O–H groups in total. The Morgan fingerprint density at radius 1 is 0.972 bits per heavy atom. The summed E-state index contributed by atoms with van der Waals surface area (Å²) in [5, 5.41) is 8.44. The van der Waals surface area contributed by atoms with E-state index < -0.39 is 26.6 Å². The number of anilines is 1. The number of fused-ring (bicyclic) bond motifs is 1. The third-order valence-electron chi connectivity index (χ3n) is 5.48. The monoisotopic (exact) mass is 507 g/mol. The molecule has 5 rings (SSSR count). The minimum Gasteiger partial charge on any atom is -0.378 e. The smallest absolute Gasteiger partial charge is 0.264 e. The molecule has 5 aromatic rings. The fourth-order valence-corrected chi connectivity index (χ4v) is 4.90. The number of nitrogens with one attached hydrogen (secondary N) is 1. The van der Waals surface area contributed by atoms with E-state index in [1.807, 2.05) is 36.4 Å². The van der Waals surface area contributed by atoms with Crippen molar-refractivity contribution in [3.05, 3.63) is 96.5 Å². The van der Waals surface area contributed by atoms with E-state index in [2.05, 4.69) is 20.0 Å². The normalized spacial score (nSPS) is 11.6. The van der Waals surface area contributed by atoms with Crippen molar-refractivity contribution in [2.75, 3.05) is 11.8 Å². The molecule has 0 saturated carbocycles. The van der Waals surface area contributed by atoms with Crippen molar-refractivity contribution < 1.29 is 21.9 Å². The van der Waals surface area contributed by atoms with Crippen LogP contribution in [-0.4, -0.2) is 35.3 Å². The van der Waals surface area contributed by atoms with Gasteiger partial charge in [-0.25, -0.2) is 21.7 Å². The fourth-order valence-electron chi connectivity index (χ4n) is 3.76. The molecule has 11 heteroatoms. The number of sulfonamides is 1. The van der Waals surface area contributed by atoms with Crippen LogP contribution in [0.1, 0.15) is 5.69 Å². The van der Waals surface area contributed by atoms with Crippen molar-refractivity contribution >= 4 is 21.2 Å². The van der Waals surface area contributed by atoms with Gasteiger partial charge < -0.3 is 4.74 Å². The maximum absolute atomic E-state index is 14.2. The maximum Gasteiger partial charge on any atom is 0.264 e. The summed E-state index contributed by atoms with van der Waals surface area (Å²) in [5.41, 5.74) is 4.05. The molecule has 0 radical (unpaired) electrons. The lowest BCUT2D eigenvalue weighted by Crippen LogP contribution is -2.16. The Bertz CT molecular complexity index is 1670. The Balaban J connectivity index is 1.57. The molecule has 0 spiro atoms. The first-order chi connectivity index (χ1) is 17.4. The summed E-state index contributed by atoms with van der Waals surface area (Å²) in [5.74, 6) is -2.08. The molecule has 36 heavy (non-hydrogen) atoms. The van der Waals surface area contributed by atoms with Gasteiger partial charge in [-0.2, -0.15) is 0 Å². The van der Waals surface area contributed by atoms with E-state index in [4.69, 9.17) is 4.74 Å². The Morgan fingerprint density at radius 2 is 1.78 bits per heavy atom. The SMILES string of the molecule is COCc1ncc(-c2ccn3nnc(-c4ccccc4)c3c2)cc1NS(=O)(=O)c1ccc(F)cc1F. The molecule has 0 bridgehead atoms. The molecular formula is C25H19F2N5O3S. The van der Waals surface area contributed by atoms with E-state index in [0.29, 0.717) is 23.0 Å². The van der Waals surface area contributed by atoms with Crippen LogP contribution in [0.4, 0.5) is 14.5 Å². The molecule has 0 amide bonds. The number of ether oxygens (including phenoxy) is 1. The van der Waals surface area contributed by atoms with Gasteiger partial charge in [0.1, 0.15) is 22.2 Å². The van der Waals surface area contributed by atoms with Gasteiger partial charge >= 0.3 is 0 Å². The van der Waals surface area contributed by atoms with Gasteiger partial charge in [0, 0.05) is 36.7 Å². The van der Waals surface area contributed by atoms with Crippen molar-refractivity contribution in [1.29, 1.82) is 0 Å². The number of benzene rings is 2. The second kappa shape index (κ2) is 9.44. The van der Waals surface area contributed by atoms with Crippen LogP contribution in [-0.2, 0) is 21.4 Å². The highest BCUT2D eigenvalue weighted by atomic mass is 32.2. The van der Waals surface area contributed by atoms with Gasteiger partial charge in [-0.3, -0.25) is 9.71 Å². The third kappa shape index (κ3) is 4.53. The summed E-state index contributed by atoms with van der Waals surface area (Å²) >= 11 is 0. The number of methoxy groups -OCH3 is 1. The van der Waals surface area contributed by atoms with Gasteiger partial charge in [0.05, 0.1) is 23.5 Å². The van der Waals surface area contributed by atoms with Crippen LogP contribution in [0.15, 0.2) is 84.0 Å². The van der Waals surface area contributed by atoms with Crippen molar-refractivity contribution in [2.45, 2.75) is 11.5 Å². The lowest BCUT2D eigenvalue weighted by Gasteiger charge is -2.14. The van der Waals surface area contributed by atoms with Crippen LogP contribution in [0.2, 0.25) is 0 Å². The van der Waals surface area contributed by atoms with Crippen LogP contribution in [0.25, 0.3) is 27.9 Å². The highest BCUT2D eigenvalue weighted by molar-refractivity contribution is 7.92. The molecule has 0 aliphatic heterocycles. The molecular weight excluding hydrogens is 488 g/mol. The zero-order valence-electron chi connectivity index (χ0n) is 18.9. The van der Waals surface area contributed by atoms with Crippen molar-refractivity contribution in [2.24, 2.45) is 0 Å². The van der Waals surface area contributed by atoms with Gasteiger partial charge in [0.25, 0.3) is 10.0 Å². The first-order valence-electron chi connectivity index (χ1n) is 10.7. The number of rotatable bonds is 7. The summed E-state index contributed by atoms with van der Waals surface area (Å²) in [7, 11) is -2.94. The first kappa shape index (κ1) is 23.5. The van der Waals surface area contributed by atoms with Crippen LogP contribution >= 0.6 is 0 Å². The fraction of sp³-hybridized carbons (Fsp3) is 0.0800. The summed E-state index contributed by atoms with van der Waals surface area (Å²) in [4.78, 5) is 3.68. The Kier molecular flexibility index (Phi) is 6.17. The van der Waals surface area contributed by atoms with E-state index >= 15 is 0 Å². The molecule has 0 unspecified atom stereocenters. The van der Waals surface area contributed by atoms with Crippen molar-refractivity contribution in [3.8, 4) is 22.4 Å². The van der Waals surface area contributed by atoms with Crippen LogP contribution in [0.3, 0.4) is 0 Å². The van der Waals surface area contributed by atoms with E-state index in [9.17, 15) is 17.2 Å². The zero-order chi connectivity index (χ0) is 25.3. The van der Waals surface area contributed by atoms with Gasteiger partial charge in [-0.05, 0) is 35.9 Å². The van der Waals surface area contributed by atoms with Crippen molar-refractivity contribution in [1.82, 2.24) is 19.8 Å². The molecule has 182 valence electrons. The molecule has 2 aromatic carbocycles. The molecule has 3 aromatic heterocycles. The number of pyridine rings is 2. The Labute approximate surface area is 205 Å². The minimum absolute atomic E-state index is 0.00770. The second-order valence-electron chi connectivity index (χ2n) is 7.88. The average molecular weight is 508 g/mol. The molecule has 0 atom stereocenters. The minimum atomic E-state index is -4.38. The third-order valence-corrected chi connectivity index (χ3v) is 6.88. The summed E-state index contributed by atoms with van der Waals surface area (Å²) in [6.45, 7) is 0.00770. The Hall–Kier alpha value is -4.22. The summed E-state index contributed by atoms with van der Waals surface area (Å²) < 4.78 is 62.5. The standard InChI is InChI=1S/C25H19F2N5O3S/c1-35-15-22-21(30-36(33,34)24-8-7-19(26)13-20(24)27)11-18(14-28-22)17-9-10-32-23(12-17)25(29-31-32)16-5-3-2-4-6-16/h2-14,30H,15H2,1H3. The molecule has 0 saturated heterocycles. The highest BCUT2D eigenvalue weighted by Gasteiger charge is 2.22. The zero-order valence-corrected chi connectivity index (χ0v) is 19.7. The quantitative estimate of drug-likeness (QED) is 0.343. The highest BCUT2D eigenvalue weighted by Crippen LogP contribution is 2.30. The van der Waals surface area contributed by atoms with Gasteiger partial charge in [-0.15, -0.1) is 5.10 Å². The summed E-state index contributed by atoms with van der Waals surface area (Å²) in [6.07, 6.45) is 3.33. The summed E-state index contributed by atoms with van der Waals surface area (Å²) in [6, 6.07) is 17.1. The van der Waals surface area contributed by atoms with Gasteiger partial charge in [0.15, 0.2) is 0 Å². The van der Waals surface area contributed by atoms with E-state index in [1.54, 1.807) is 29.0 Å². The second-order valence-corrected chi connectivity index (χ2v) is 9.53. The van der Waals surface area contributed by atoms with E-state index in [0.717, 1.165) is 28.8 Å². The number of nitrogens with zero attached hydrogens (tertiary/aromatic N) is 4. The predicted molar refractivity (Wildman–Crippen MR) is 130 cm³/mol. The molecule has 3 heterocycles. The number of halogens is 2. The Morgan fingerprint density at radius 3 is 2.53 bits per heavy atom. The molecule has 0 aliphatic rings. The van der Waals surface area contributed by atoms with Gasteiger partial charge in [-0.1, -0.05) is 35.5 Å². The average Bonchev–Trinajstić information content (AvgIpc) is 3.29. The number of hydrogen-bond acceptors (Lipinski definition) is 6. The largest absolute Gasteiger partial charge is 0.378 e. The first-order valence-corrected chi connectivity index (χ1v) is 12.2. The van der Waals surface area contributed by atoms with Crippen LogP contribution in [0, 0.1) is 11.6 Å². The number of hydrogen-bond donors (Lipinski definition) is 1. The topological polar surface area (TPSA) is 98.5 Å². The number of aromatic nitrogens is 4. The maximum atomic E-state index is 14.2. The predicted octanol–water partition coefficient (Wildman–Crippen LogP) is 4.68. The molecule has 0 fully saturated rings. The molecule has 8 nitrogen and oxygen atoms in total. The van der Waals surface area contributed by atoms with E-state index in [-0.39, 0.29) is 12.3 Å². The van der Waals surface area contributed by atoms with Gasteiger partial charge in [0.2, 0.25) is 0 Å². The van der Waals surface area contributed by atoms with E-state index in [1.165, 1.54) is 7.11 Å². The van der Waals surface area contributed by atoms with Crippen LogP contribution in [0.5, 0.6) is 0 Å². The van der Waals surface area contributed by atoms with Crippen LogP contribution < -0.4 is 4.72 Å². The molecule has 0 aliphatic carbocycles. The lowest BCUT2D eigenvalue weighted by molar-refractivity contribution is 0.182. The lowest BCUT2D eigenvalue weighted by atomic mass is 10.1. The van der Waals surface area contributed by atoms with Crippen molar-refractivity contribution in [3.63, 3.8) is 0 Å².